The van der Waals surface area contributed by atoms with Gasteiger partial charge in [0, 0.05) is 31.7 Å². The van der Waals surface area contributed by atoms with Crippen LogP contribution in [0, 0.1) is 24.2 Å². The van der Waals surface area contributed by atoms with Crippen molar-refractivity contribution in [1.29, 1.82) is 0 Å². The Labute approximate surface area is 119 Å². The Morgan fingerprint density at radius 2 is 2.00 bits per heavy atom. The molecule has 3 heterocycles. The molecular weight excluding hydrogens is 248 g/mol. The van der Waals surface area contributed by atoms with Crippen LogP contribution in [0.15, 0.2) is 25.2 Å². The number of aryl methyl sites for hydroxylation is 1. The van der Waals surface area contributed by atoms with E-state index in [1.807, 2.05) is 23.7 Å². The normalized spacial score (nSPS) is 26.9. The molecule has 2 aromatic rings. The second-order valence-electron chi connectivity index (χ2n) is 6.85. The lowest BCUT2D eigenvalue weighted by Crippen LogP contribution is -2.24. The summed E-state index contributed by atoms with van der Waals surface area (Å²) < 4.78 is 1.98. The number of piperidine rings is 1. The highest BCUT2D eigenvalue weighted by molar-refractivity contribution is 5.61. The van der Waals surface area contributed by atoms with E-state index in [1.165, 1.54) is 0 Å². The molecule has 104 valence electrons. The maximum absolute atomic E-state index is 4.59. The fraction of sp³-hybridized carbons (Fsp3) is 0.500. The first kappa shape index (κ1) is 11.9. The number of fused-ring (bicyclic) bond motifs is 2. The second-order valence-corrected chi connectivity index (χ2v) is 6.85. The lowest BCUT2D eigenvalue weighted by molar-refractivity contribution is 0.348. The number of aromatic nitrogens is 3. The van der Waals surface area contributed by atoms with Crippen molar-refractivity contribution in [2.45, 2.75) is 20.8 Å². The van der Waals surface area contributed by atoms with Crippen LogP contribution in [0.5, 0.6) is 0 Å². The predicted molar refractivity (Wildman–Crippen MR) is 79.1 cm³/mol. The zero-order chi connectivity index (χ0) is 14.1. The molecule has 2 fully saturated rings. The Balaban J connectivity index is 1.59. The Kier molecular flexibility index (Phi) is 2.16. The summed E-state index contributed by atoms with van der Waals surface area (Å²) in [6.07, 6.45) is 5.94. The fourth-order valence-electron chi connectivity index (χ4n) is 3.64. The first-order valence-electron chi connectivity index (χ1n) is 7.22. The summed E-state index contributed by atoms with van der Waals surface area (Å²) in [5, 5.41) is 0. The number of hydrogen-bond donors (Lipinski definition) is 0. The van der Waals surface area contributed by atoms with Gasteiger partial charge in [0.1, 0.15) is 5.69 Å². The first-order chi connectivity index (χ1) is 9.46. The summed E-state index contributed by atoms with van der Waals surface area (Å²) in [5.74, 6) is 2.41. The Bertz CT molecular complexity index is 698. The van der Waals surface area contributed by atoms with Gasteiger partial charge in [0.25, 0.3) is 0 Å². The molecule has 20 heavy (non-hydrogen) atoms. The predicted octanol–water partition coefficient (Wildman–Crippen LogP) is 2.60. The van der Waals surface area contributed by atoms with Crippen LogP contribution in [-0.4, -0.2) is 32.4 Å². The minimum atomic E-state index is 0.536. The van der Waals surface area contributed by atoms with E-state index in [-0.39, 0.29) is 0 Å². The summed E-state index contributed by atoms with van der Waals surface area (Å²) in [7, 11) is 0. The molecule has 2 unspecified atom stereocenters. The van der Waals surface area contributed by atoms with E-state index >= 15 is 0 Å². The molecule has 0 aromatic carbocycles. The van der Waals surface area contributed by atoms with Gasteiger partial charge in [-0.15, -0.1) is 0 Å². The van der Waals surface area contributed by atoms with Crippen molar-refractivity contribution in [3.05, 3.63) is 36.4 Å². The lowest BCUT2D eigenvalue weighted by atomic mass is 10.1. The number of nitrogens with zero attached hydrogens (tertiary/aromatic N) is 4. The van der Waals surface area contributed by atoms with Crippen molar-refractivity contribution in [3.8, 4) is 0 Å². The van der Waals surface area contributed by atoms with Gasteiger partial charge in [-0.2, -0.15) is 0 Å². The highest BCUT2D eigenvalue weighted by Gasteiger charge is 2.62. The quantitative estimate of drug-likeness (QED) is 0.839. The van der Waals surface area contributed by atoms with Gasteiger partial charge in [-0.05, 0) is 29.7 Å². The molecule has 1 saturated heterocycles. The standard InChI is InChI=1S/C16H20N4/c1-10-5-17-15-18-14(9-20(15)6-10)11(2)19-7-12-13(8-19)16(12,3)4/h5-6,9,12-13H,2,7-8H2,1,3-4H3. The molecule has 1 aliphatic carbocycles. The van der Waals surface area contributed by atoms with Crippen molar-refractivity contribution in [2.75, 3.05) is 13.1 Å². The number of hydrogen-bond acceptors (Lipinski definition) is 3. The van der Waals surface area contributed by atoms with Crippen LogP contribution >= 0.6 is 0 Å². The SMILES string of the molecule is C=C(c1cn2cc(C)cnc2n1)N1CC2C(C1)C2(C)C. The van der Waals surface area contributed by atoms with Crippen molar-refractivity contribution in [1.82, 2.24) is 19.3 Å². The van der Waals surface area contributed by atoms with Crippen molar-refractivity contribution in [2.24, 2.45) is 17.3 Å². The van der Waals surface area contributed by atoms with Gasteiger partial charge in [0.2, 0.25) is 5.78 Å². The van der Waals surface area contributed by atoms with E-state index in [0.717, 1.165) is 47.7 Å². The van der Waals surface area contributed by atoms with Crippen LogP contribution in [0.2, 0.25) is 0 Å². The topological polar surface area (TPSA) is 33.4 Å². The van der Waals surface area contributed by atoms with Gasteiger partial charge in [-0.1, -0.05) is 20.4 Å². The highest BCUT2D eigenvalue weighted by atomic mass is 15.2. The van der Waals surface area contributed by atoms with Gasteiger partial charge >= 0.3 is 0 Å². The molecular formula is C16H20N4. The molecule has 4 heteroatoms. The average molecular weight is 268 g/mol. The molecule has 0 spiro atoms. The minimum absolute atomic E-state index is 0.536. The molecule has 1 saturated carbocycles. The molecule has 1 aliphatic heterocycles. The van der Waals surface area contributed by atoms with E-state index < -0.39 is 0 Å². The summed E-state index contributed by atoms with van der Waals surface area (Å²) >= 11 is 0. The van der Waals surface area contributed by atoms with Gasteiger partial charge in [0.05, 0.1) is 5.70 Å². The molecule has 4 nitrogen and oxygen atoms in total. The van der Waals surface area contributed by atoms with Crippen LogP contribution in [0.4, 0.5) is 0 Å². The zero-order valence-corrected chi connectivity index (χ0v) is 12.3. The van der Waals surface area contributed by atoms with Crippen LogP contribution < -0.4 is 0 Å². The van der Waals surface area contributed by atoms with Crippen molar-refractivity contribution in [3.63, 3.8) is 0 Å². The molecule has 0 N–H and O–H groups in total. The molecule has 0 radical (unpaired) electrons. The molecule has 2 aromatic heterocycles. The lowest BCUT2D eigenvalue weighted by Gasteiger charge is -2.24. The third-order valence-corrected chi connectivity index (χ3v) is 5.24. The Morgan fingerprint density at radius 1 is 1.30 bits per heavy atom. The summed E-state index contributed by atoms with van der Waals surface area (Å²) in [4.78, 5) is 11.3. The monoisotopic (exact) mass is 268 g/mol. The van der Waals surface area contributed by atoms with E-state index in [2.05, 4.69) is 41.5 Å². The Morgan fingerprint density at radius 3 is 2.70 bits per heavy atom. The van der Waals surface area contributed by atoms with Crippen molar-refractivity contribution >= 4 is 11.5 Å². The van der Waals surface area contributed by atoms with E-state index in [4.69, 9.17) is 0 Å². The number of rotatable bonds is 2. The summed E-state index contributed by atoms with van der Waals surface area (Å²) in [5.41, 5.74) is 3.66. The molecule has 0 bridgehead atoms. The van der Waals surface area contributed by atoms with Crippen LogP contribution in [0.3, 0.4) is 0 Å². The van der Waals surface area contributed by atoms with Crippen molar-refractivity contribution < 1.29 is 0 Å². The van der Waals surface area contributed by atoms with Gasteiger partial charge in [-0.25, -0.2) is 9.97 Å². The molecule has 2 aliphatic rings. The molecule has 4 rings (SSSR count). The Hall–Kier alpha value is -1.84. The zero-order valence-electron chi connectivity index (χ0n) is 12.3. The maximum Gasteiger partial charge on any atom is 0.234 e. The van der Waals surface area contributed by atoms with Crippen LogP contribution in [0.25, 0.3) is 11.5 Å². The largest absolute Gasteiger partial charge is 0.370 e. The second kappa shape index (κ2) is 3.62. The minimum Gasteiger partial charge on any atom is -0.370 e. The smallest absolute Gasteiger partial charge is 0.234 e. The third kappa shape index (κ3) is 1.54. The van der Waals surface area contributed by atoms with E-state index in [1.54, 1.807) is 0 Å². The number of likely N-dealkylation sites (tertiary alicyclic amines) is 1. The molecule has 0 amide bonds. The van der Waals surface area contributed by atoms with Gasteiger partial charge in [-0.3, -0.25) is 4.40 Å². The number of imidazole rings is 1. The first-order valence-corrected chi connectivity index (χ1v) is 7.22. The van der Waals surface area contributed by atoms with Crippen LogP contribution in [-0.2, 0) is 0 Å². The summed E-state index contributed by atoms with van der Waals surface area (Å²) in [6, 6.07) is 0. The average Bonchev–Trinajstić information content (AvgIpc) is 2.86. The summed E-state index contributed by atoms with van der Waals surface area (Å²) in [6.45, 7) is 13.3. The van der Waals surface area contributed by atoms with Gasteiger partial charge < -0.3 is 4.90 Å². The van der Waals surface area contributed by atoms with Crippen LogP contribution in [0.1, 0.15) is 25.1 Å². The maximum atomic E-state index is 4.59. The van der Waals surface area contributed by atoms with E-state index in [0.29, 0.717) is 5.41 Å². The molecule has 2 atom stereocenters. The van der Waals surface area contributed by atoms with Gasteiger partial charge in [0.15, 0.2) is 0 Å². The highest BCUT2D eigenvalue weighted by Crippen LogP contribution is 2.62. The fourth-order valence-corrected chi connectivity index (χ4v) is 3.64. The van der Waals surface area contributed by atoms with E-state index in [9.17, 15) is 0 Å². The third-order valence-electron chi connectivity index (χ3n) is 5.24.